The number of likely N-dealkylation sites (tertiary alicyclic amines) is 3. The van der Waals surface area contributed by atoms with Crippen molar-refractivity contribution in [1.29, 1.82) is 0 Å². The van der Waals surface area contributed by atoms with Gasteiger partial charge in [-0.3, -0.25) is 47.9 Å². The molecule has 0 bridgehead atoms. The summed E-state index contributed by atoms with van der Waals surface area (Å²) in [6, 6.07) is -7.21. The fraction of sp³-hybridized carbons (Fsp3) is 0.660. The first-order chi connectivity index (χ1) is 36.3. The molecule has 428 valence electrons. The third-order valence-corrected chi connectivity index (χ3v) is 14.6. The van der Waals surface area contributed by atoms with E-state index in [1.807, 2.05) is 0 Å². The predicted molar refractivity (Wildman–Crippen MR) is 277 cm³/mol. The van der Waals surface area contributed by atoms with Crippen molar-refractivity contribution in [3.8, 4) is 5.75 Å². The highest BCUT2D eigenvalue weighted by molar-refractivity contribution is 7.80. The number of thiol groups is 1. The Kier molecular flexibility index (Phi) is 23.9. The molecule has 4 rings (SSSR count). The van der Waals surface area contributed by atoms with Crippen molar-refractivity contribution >= 4 is 77.7 Å². The van der Waals surface area contributed by atoms with Gasteiger partial charge in [0.25, 0.3) is 0 Å². The fourth-order valence-electron chi connectivity index (χ4n) is 9.50. The maximum absolute atomic E-state index is 14.3. The number of amides is 9. The van der Waals surface area contributed by atoms with Gasteiger partial charge in [0.1, 0.15) is 60.1 Å². The summed E-state index contributed by atoms with van der Waals surface area (Å²) in [5.41, 5.74) is 6.27. The Morgan fingerprint density at radius 2 is 1.16 bits per heavy atom. The number of aliphatic hydroxyl groups excluding tert-OH is 2. The summed E-state index contributed by atoms with van der Waals surface area (Å²) >= 11 is 4.29. The van der Waals surface area contributed by atoms with Crippen LogP contribution in [0.15, 0.2) is 24.3 Å². The lowest BCUT2D eigenvalue weighted by atomic mass is 9.97. The Hall–Kier alpha value is -6.58. The number of benzene rings is 1. The first kappa shape index (κ1) is 63.0. The van der Waals surface area contributed by atoms with E-state index in [0.29, 0.717) is 31.2 Å². The highest BCUT2D eigenvalue weighted by Crippen LogP contribution is 2.27. The molecule has 0 saturated carbocycles. The number of phenolic OH excluding ortho intramolecular Hbond substituents is 1. The van der Waals surface area contributed by atoms with Crippen molar-refractivity contribution in [2.75, 3.05) is 32.0 Å². The van der Waals surface area contributed by atoms with E-state index >= 15 is 0 Å². The van der Waals surface area contributed by atoms with Crippen LogP contribution in [0.1, 0.15) is 98.0 Å². The number of aliphatic carboxylic acids is 2. The monoisotopic (exact) mass is 1100 g/mol. The normalized spacial score (nSPS) is 20.8. The average molecular weight is 1110 g/mol. The summed E-state index contributed by atoms with van der Waals surface area (Å²) in [4.78, 5) is 151. The lowest BCUT2D eigenvalue weighted by Crippen LogP contribution is -2.62. The van der Waals surface area contributed by atoms with Crippen LogP contribution in [0.3, 0.4) is 0 Å². The van der Waals surface area contributed by atoms with Gasteiger partial charge in [-0.25, -0.2) is 4.79 Å². The molecular weight excluding hydrogens is 1030 g/mol. The van der Waals surface area contributed by atoms with Gasteiger partial charge in [-0.05, 0) is 81.4 Å². The molecule has 3 fully saturated rings. The molecule has 13 N–H and O–H groups in total. The van der Waals surface area contributed by atoms with Crippen molar-refractivity contribution < 1.29 is 78.3 Å². The smallest absolute Gasteiger partial charge is 0.326 e. The van der Waals surface area contributed by atoms with E-state index in [9.17, 15) is 73.2 Å². The van der Waals surface area contributed by atoms with Crippen molar-refractivity contribution in [2.24, 2.45) is 17.6 Å². The third-order valence-electron chi connectivity index (χ3n) is 14.2. The molecule has 0 aromatic heterocycles. The van der Waals surface area contributed by atoms with Crippen LogP contribution < -0.4 is 37.6 Å². The number of nitrogens with zero attached hydrogens (tertiary/aromatic N) is 3. The maximum Gasteiger partial charge on any atom is 0.326 e. The minimum atomic E-state index is -1.59. The molecule has 3 aliphatic heterocycles. The second kappa shape index (κ2) is 29.2. The summed E-state index contributed by atoms with van der Waals surface area (Å²) < 4.78 is 0. The molecule has 26 nitrogen and oxygen atoms in total. The first-order valence-corrected chi connectivity index (χ1v) is 26.6. The summed E-state index contributed by atoms with van der Waals surface area (Å²) in [6.07, 6.45) is -0.269. The predicted octanol–water partition coefficient (Wildman–Crippen LogP) is -2.90. The first-order valence-electron chi connectivity index (χ1n) is 26.0. The molecule has 9 amide bonds. The minimum absolute atomic E-state index is 0.0210. The Bertz CT molecular complexity index is 2310. The molecule has 77 heavy (non-hydrogen) atoms. The molecule has 0 radical (unpaired) electrons. The lowest BCUT2D eigenvalue weighted by Gasteiger charge is -2.35. The van der Waals surface area contributed by atoms with Crippen LogP contribution in [0.25, 0.3) is 0 Å². The number of carboxylic acids is 2. The number of aliphatic hydroxyl groups is 2. The van der Waals surface area contributed by atoms with E-state index in [2.05, 4.69) is 44.5 Å². The quantitative estimate of drug-likeness (QED) is 0.0393. The Morgan fingerprint density at radius 3 is 1.68 bits per heavy atom. The minimum Gasteiger partial charge on any atom is -0.508 e. The molecule has 1 aromatic carbocycles. The fourth-order valence-corrected chi connectivity index (χ4v) is 9.75. The number of phenols is 1. The van der Waals surface area contributed by atoms with Crippen molar-refractivity contribution in [3.63, 3.8) is 0 Å². The molecule has 3 saturated heterocycles. The largest absolute Gasteiger partial charge is 0.508 e. The molecule has 3 heterocycles. The molecule has 0 spiro atoms. The SMILES string of the molecule is CC[C@H](C)[C@H](NC(=O)[C@H](CO)NC(=O)[C@@H](N)CCC(=O)O)C(=O)N[C@@H](CS)C(=O)N1CCC[C@H]1C(=O)N[C@H](C(=O)N1CCC[C@H]1C(=O)N1CCC[C@H]1C(=O)N[C@H](C(=O)N[C@@H](Cc1ccc(O)cc1)C(=O)O)C(C)C)[C@@H](C)O. The van der Waals surface area contributed by atoms with Crippen molar-refractivity contribution in [3.05, 3.63) is 29.8 Å². The number of nitrogens with one attached hydrogen (secondary N) is 6. The van der Waals surface area contributed by atoms with Crippen LogP contribution >= 0.6 is 12.6 Å². The van der Waals surface area contributed by atoms with E-state index in [4.69, 9.17) is 10.8 Å². The maximum atomic E-state index is 14.3. The van der Waals surface area contributed by atoms with Crippen LogP contribution in [-0.2, 0) is 59.2 Å². The van der Waals surface area contributed by atoms with Crippen LogP contribution in [-0.4, -0.2) is 204 Å². The molecule has 3 aliphatic rings. The highest BCUT2D eigenvalue weighted by atomic mass is 32.1. The van der Waals surface area contributed by atoms with Crippen LogP contribution in [0, 0.1) is 11.8 Å². The Balaban J connectivity index is 1.41. The van der Waals surface area contributed by atoms with Gasteiger partial charge in [0.05, 0.1) is 18.8 Å². The summed E-state index contributed by atoms with van der Waals surface area (Å²) in [6.45, 7) is 7.32. The van der Waals surface area contributed by atoms with E-state index < -0.39 is 156 Å². The molecule has 1 aromatic rings. The van der Waals surface area contributed by atoms with Gasteiger partial charge < -0.3 is 77.9 Å². The number of carbonyl (C=O) groups excluding carboxylic acids is 9. The van der Waals surface area contributed by atoms with Gasteiger partial charge in [0.15, 0.2) is 0 Å². The topological polar surface area (TPSA) is 397 Å². The van der Waals surface area contributed by atoms with Crippen LogP contribution in [0.4, 0.5) is 0 Å². The lowest BCUT2D eigenvalue weighted by molar-refractivity contribution is -0.150. The molecule has 0 aliphatic carbocycles. The average Bonchev–Trinajstić information content (AvgIpc) is 4.21. The Labute approximate surface area is 451 Å². The Morgan fingerprint density at radius 1 is 0.649 bits per heavy atom. The van der Waals surface area contributed by atoms with Gasteiger partial charge in [-0.15, -0.1) is 0 Å². The number of carboxylic acid groups (broad SMARTS) is 2. The summed E-state index contributed by atoms with van der Waals surface area (Å²) in [7, 11) is 0. The second-order valence-electron chi connectivity index (χ2n) is 20.2. The number of carbonyl (C=O) groups is 11. The number of rotatable bonds is 27. The van der Waals surface area contributed by atoms with Crippen LogP contribution in [0.2, 0.25) is 0 Å². The number of hydrogen-bond acceptors (Lipinski definition) is 16. The van der Waals surface area contributed by atoms with E-state index in [-0.39, 0.29) is 63.2 Å². The second-order valence-corrected chi connectivity index (χ2v) is 20.6. The zero-order valence-corrected chi connectivity index (χ0v) is 44.9. The van der Waals surface area contributed by atoms with Gasteiger partial charge in [-0.1, -0.05) is 46.2 Å². The zero-order valence-electron chi connectivity index (χ0n) is 44.0. The van der Waals surface area contributed by atoms with Crippen molar-refractivity contribution in [2.45, 2.75) is 165 Å². The number of aromatic hydroxyl groups is 1. The summed E-state index contributed by atoms with van der Waals surface area (Å²) in [5.74, 6) is -10.9. The highest BCUT2D eigenvalue weighted by Gasteiger charge is 2.46. The number of nitrogens with two attached hydrogens (primary N) is 1. The van der Waals surface area contributed by atoms with Gasteiger partial charge >= 0.3 is 11.9 Å². The molecule has 0 unspecified atom stereocenters. The molecule has 12 atom stereocenters. The van der Waals surface area contributed by atoms with Crippen molar-refractivity contribution in [1.82, 2.24) is 46.6 Å². The third kappa shape index (κ3) is 17.0. The standard InChI is InChI=1S/C50H76N10O16S/c1-6-26(4)39(56-42(67)32(23-61)53-41(66)30(51)17-18-37(64)65)46(71)54-33(24-77)47(72)58-19-7-10-34(58)44(69)57-40(27(5)62)49(74)60-21-9-12-36(60)48(73)59-20-8-11-35(59)43(68)55-38(25(2)3)45(70)52-31(50(75)76)22-28-13-15-29(63)16-14-28/h13-16,25-27,30-36,38-40,61-63,77H,6-12,17-24,51H2,1-5H3,(H,52,70)(H,53,66)(H,54,71)(H,55,68)(H,56,67)(H,57,69)(H,64,65)(H,75,76)/t26-,27+,30-,31-,32-,33-,34-,35-,36-,38-,39-,40-/m0/s1. The number of hydrogen-bond donors (Lipinski definition) is 13. The van der Waals surface area contributed by atoms with E-state index in [1.54, 1.807) is 27.7 Å². The molecular formula is C50H76N10O16S. The van der Waals surface area contributed by atoms with E-state index in [1.165, 1.54) is 45.9 Å². The zero-order chi connectivity index (χ0) is 57.4. The van der Waals surface area contributed by atoms with E-state index in [0.717, 1.165) is 0 Å². The van der Waals surface area contributed by atoms with Gasteiger partial charge in [-0.2, -0.15) is 12.6 Å². The van der Waals surface area contributed by atoms with Gasteiger partial charge in [0, 0.05) is 38.2 Å². The molecule has 27 heteroatoms. The van der Waals surface area contributed by atoms with Crippen LogP contribution in [0.5, 0.6) is 5.75 Å². The summed E-state index contributed by atoms with van der Waals surface area (Å²) in [5, 5.41) is 64.4. The van der Waals surface area contributed by atoms with Gasteiger partial charge in [0.2, 0.25) is 53.2 Å².